The van der Waals surface area contributed by atoms with Gasteiger partial charge in [0.25, 0.3) is 0 Å². The van der Waals surface area contributed by atoms with Crippen molar-refractivity contribution >= 4 is 11.6 Å². The molecule has 0 spiro atoms. The average Bonchev–Trinajstić information content (AvgIpc) is 2.94. The molecule has 1 atom stereocenters. The number of nitrogens with zero attached hydrogens (tertiary/aromatic N) is 4. The fourth-order valence-electron chi connectivity index (χ4n) is 2.65. The number of hydrogen-bond donors (Lipinski definition) is 1. The summed E-state index contributed by atoms with van der Waals surface area (Å²) in [5, 5.41) is 13.4. The van der Waals surface area contributed by atoms with E-state index in [0.29, 0.717) is 11.6 Å². The second-order valence-corrected chi connectivity index (χ2v) is 5.14. The van der Waals surface area contributed by atoms with Crippen molar-refractivity contribution in [1.82, 2.24) is 19.5 Å². The summed E-state index contributed by atoms with van der Waals surface area (Å²) in [6.07, 6.45) is 1.96. The molecule has 100 valence electrons. The van der Waals surface area contributed by atoms with Crippen LogP contribution in [0, 0.1) is 5.92 Å². The SMILES string of the molecule is CN1CCC(Cc2nc3cccc(C(=O)O)n3n2)C1. The summed E-state index contributed by atoms with van der Waals surface area (Å²) in [7, 11) is 2.11. The molecule has 1 fully saturated rings. The van der Waals surface area contributed by atoms with Gasteiger partial charge in [0.05, 0.1) is 0 Å². The van der Waals surface area contributed by atoms with Crippen molar-refractivity contribution in [3.8, 4) is 0 Å². The van der Waals surface area contributed by atoms with Crippen LogP contribution in [0.5, 0.6) is 0 Å². The van der Waals surface area contributed by atoms with Crippen molar-refractivity contribution in [3.63, 3.8) is 0 Å². The van der Waals surface area contributed by atoms with Crippen molar-refractivity contribution in [1.29, 1.82) is 0 Å². The first-order valence-electron chi connectivity index (χ1n) is 6.40. The van der Waals surface area contributed by atoms with Gasteiger partial charge < -0.3 is 10.0 Å². The zero-order valence-electron chi connectivity index (χ0n) is 10.8. The number of aromatic carboxylic acids is 1. The van der Waals surface area contributed by atoms with Gasteiger partial charge in [0.2, 0.25) is 0 Å². The molecule has 3 rings (SSSR count). The van der Waals surface area contributed by atoms with Gasteiger partial charge in [-0.05, 0) is 38.1 Å². The van der Waals surface area contributed by atoms with Gasteiger partial charge in [0, 0.05) is 13.0 Å². The number of carbonyl (C=O) groups is 1. The first-order valence-corrected chi connectivity index (χ1v) is 6.40. The Morgan fingerprint density at radius 2 is 2.37 bits per heavy atom. The Morgan fingerprint density at radius 1 is 1.53 bits per heavy atom. The minimum absolute atomic E-state index is 0.153. The maximum absolute atomic E-state index is 11.1. The quantitative estimate of drug-likeness (QED) is 0.888. The highest BCUT2D eigenvalue weighted by Gasteiger charge is 2.22. The van der Waals surface area contributed by atoms with E-state index in [1.165, 1.54) is 10.6 Å². The van der Waals surface area contributed by atoms with Crippen LogP contribution < -0.4 is 0 Å². The number of carboxylic acid groups (broad SMARTS) is 1. The Morgan fingerprint density at radius 3 is 3.05 bits per heavy atom. The van der Waals surface area contributed by atoms with Crippen molar-refractivity contribution < 1.29 is 9.90 Å². The molecule has 1 unspecified atom stereocenters. The van der Waals surface area contributed by atoms with Gasteiger partial charge in [-0.1, -0.05) is 6.07 Å². The lowest BCUT2D eigenvalue weighted by Gasteiger charge is -2.07. The van der Waals surface area contributed by atoms with Gasteiger partial charge in [0.1, 0.15) is 0 Å². The maximum Gasteiger partial charge on any atom is 0.354 e. The third kappa shape index (κ3) is 2.31. The first-order chi connectivity index (χ1) is 9.13. The molecule has 0 saturated carbocycles. The maximum atomic E-state index is 11.1. The third-order valence-electron chi connectivity index (χ3n) is 3.58. The van der Waals surface area contributed by atoms with Crippen molar-refractivity contribution in [2.75, 3.05) is 20.1 Å². The van der Waals surface area contributed by atoms with Crippen LogP contribution in [0.15, 0.2) is 18.2 Å². The number of carboxylic acids is 1. The van der Waals surface area contributed by atoms with Gasteiger partial charge in [-0.25, -0.2) is 14.3 Å². The van der Waals surface area contributed by atoms with Crippen molar-refractivity contribution in [2.45, 2.75) is 12.8 Å². The molecule has 0 aliphatic carbocycles. The molecule has 6 nitrogen and oxygen atoms in total. The predicted octanol–water partition coefficient (Wildman–Crippen LogP) is 0.922. The fraction of sp³-hybridized carbons (Fsp3) is 0.462. The second-order valence-electron chi connectivity index (χ2n) is 5.14. The van der Waals surface area contributed by atoms with Crippen molar-refractivity contribution in [2.24, 2.45) is 5.92 Å². The lowest BCUT2D eigenvalue weighted by molar-refractivity contribution is 0.0687. The smallest absolute Gasteiger partial charge is 0.354 e. The minimum atomic E-state index is -0.984. The summed E-state index contributed by atoms with van der Waals surface area (Å²) in [6.45, 7) is 2.17. The monoisotopic (exact) mass is 260 g/mol. The standard InChI is InChI=1S/C13H16N4O2/c1-16-6-5-9(8-16)7-11-14-12-4-2-3-10(13(18)19)17(12)15-11/h2-4,9H,5-8H2,1H3,(H,18,19). The normalized spacial score (nSPS) is 20.2. The van der Waals surface area contributed by atoms with E-state index < -0.39 is 5.97 Å². The molecular weight excluding hydrogens is 244 g/mol. The number of pyridine rings is 1. The van der Waals surface area contributed by atoms with Crippen LogP contribution in [0.4, 0.5) is 0 Å². The summed E-state index contributed by atoms with van der Waals surface area (Å²) in [5.41, 5.74) is 0.751. The van der Waals surface area contributed by atoms with Crippen molar-refractivity contribution in [3.05, 3.63) is 29.7 Å². The fourth-order valence-corrected chi connectivity index (χ4v) is 2.65. The summed E-state index contributed by atoms with van der Waals surface area (Å²) in [4.78, 5) is 17.8. The van der Waals surface area contributed by atoms with Crippen LogP contribution in [-0.2, 0) is 6.42 Å². The van der Waals surface area contributed by atoms with E-state index >= 15 is 0 Å². The van der Waals surface area contributed by atoms with Gasteiger partial charge >= 0.3 is 5.97 Å². The predicted molar refractivity (Wildman–Crippen MR) is 69.3 cm³/mol. The molecule has 0 radical (unpaired) electrons. The molecule has 1 saturated heterocycles. The number of rotatable bonds is 3. The molecule has 6 heteroatoms. The summed E-state index contributed by atoms with van der Waals surface area (Å²) >= 11 is 0. The van der Waals surface area contributed by atoms with Crippen LogP contribution >= 0.6 is 0 Å². The topological polar surface area (TPSA) is 70.7 Å². The highest BCUT2D eigenvalue weighted by molar-refractivity contribution is 5.86. The molecule has 0 aromatic carbocycles. The van der Waals surface area contributed by atoms with E-state index in [1.54, 1.807) is 12.1 Å². The Labute approximate surface area is 110 Å². The number of fused-ring (bicyclic) bond motifs is 1. The van der Waals surface area contributed by atoms with Crippen LogP contribution in [0.3, 0.4) is 0 Å². The van der Waals surface area contributed by atoms with E-state index in [-0.39, 0.29) is 5.69 Å². The number of aromatic nitrogens is 3. The van der Waals surface area contributed by atoms with Crippen LogP contribution in [-0.4, -0.2) is 50.7 Å². The van der Waals surface area contributed by atoms with Gasteiger partial charge in [-0.15, -0.1) is 0 Å². The second kappa shape index (κ2) is 4.62. The lowest BCUT2D eigenvalue weighted by Crippen LogP contribution is -2.15. The minimum Gasteiger partial charge on any atom is -0.477 e. The van der Waals surface area contributed by atoms with Crippen LogP contribution in [0.2, 0.25) is 0 Å². The molecule has 19 heavy (non-hydrogen) atoms. The first kappa shape index (κ1) is 12.1. The number of likely N-dealkylation sites (tertiary alicyclic amines) is 1. The van der Waals surface area contributed by atoms with E-state index in [4.69, 9.17) is 5.11 Å². The highest BCUT2D eigenvalue weighted by atomic mass is 16.4. The van der Waals surface area contributed by atoms with Crippen LogP contribution in [0.25, 0.3) is 5.65 Å². The molecule has 2 aromatic rings. The Kier molecular flexibility index (Phi) is 2.94. The van der Waals surface area contributed by atoms with Crippen LogP contribution in [0.1, 0.15) is 22.7 Å². The zero-order valence-corrected chi connectivity index (χ0v) is 10.8. The molecule has 1 aliphatic heterocycles. The molecule has 0 amide bonds. The molecule has 2 aromatic heterocycles. The Balaban J connectivity index is 1.89. The molecule has 0 bridgehead atoms. The van der Waals surface area contributed by atoms with Gasteiger partial charge in [-0.3, -0.25) is 0 Å². The Hall–Kier alpha value is -1.95. The van der Waals surface area contributed by atoms with Gasteiger partial charge in [-0.2, -0.15) is 5.10 Å². The number of hydrogen-bond acceptors (Lipinski definition) is 4. The molecule has 1 N–H and O–H groups in total. The highest BCUT2D eigenvalue weighted by Crippen LogP contribution is 2.18. The summed E-state index contributed by atoms with van der Waals surface area (Å²) < 4.78 is 1.41. The van der Waals surface area contributed by atoms with E-state index in [2.05, 4.69) is 22.0 Å². The summed E-state index contributed by atoms with van der Waals surface area (Å²) in [5.74, 6) is 0.312. The average molecular weight is 260 g/mol. The van der Waals surface area contributed by atoms with E-state index in [1.807, 2.05) is 0 Å². The van der Waals surface area contributed by atoms with E-state index in [9.17, 15) is 4.79 Å². The largest absolute Gasteiger partial charge is 0.477 e. The third-order valence-corrected chi connectivity index (χ3v) is 3.58. The zero-order chi connectivity index (χ0) is 13.4. The van der Waals surface area contributed by atoms with E-state index in [0.717, 1.165) is 31.8 Å². The lowest BCUT2D eigenvalue weighted by atomic mass is 10.1. The summed E-state index contributed by atoms with van der Waals surface area (Å²) in [6, 6.07) is 5.02. The molecule has 3 heterocycles. The Bertz CT molecular complexity index is 622. The van der Waals surface area contributed by atoms with Gasteiger partial charge in [0.15, 0.2) is 17.2 Å². The molecule has 1 aliphatic rings. The molecular formula is C13H16N4O2.